The molecule has 1 aromatic carbocycles. The molecular weight excluding hydrogens is 402 g/mol. The highest BCUT2D eigenvalue weighted by molar-refractivity contribution is 5.79. The lowest BCUT2D eigenvalue weighted by Gasteiger charge is -2.23. The molecule has 1 unspecified atom stereocenters. The molecule has 7 heteroatoms. The van der Waals surface area contributed by atoms with Crippen molar-refractivity contribution < 1.29 is 9.90 Å². The quantitative estimate of drug-likeness (QED) is 0.439. The number of benzene rings is 1. The average molecular weight is 440 g/mol. The van der Waals surface area contributed by atoms with Crippen molar-refractivity contribution in [3.8, 4) is 0 Å². The Morgan fingerprint density at radius 2 is 2.00 bits per heavy atom. The maximum absolute atomic E-state index is 12.4. The summed E-state index contributed by atoms with van der Waals surface area (Å²) in [5.74, 6) is 0.192. The highest BCUT2D eigenvalue weighted by atomic mass is 16.3. The van der Waals surface area contributed by atoms with Gasteiger partial charge in [-0.1, -0.05) is 30.3 Å². The number of aliphatic hydroxyl groups is 1. The molecule has 2 rings (SSSR count). The van der Waals surface area contributed by atoms with Crippen molar-refractivity contribution in [1.82, 2.24) is 20.1 Å². The smallest absolute Gasteiger partial charge is 0.236 e. The summed E-state index contributed by atoms with van der Waals surface area (Å²) in [6.45, 7) is 5.77. The molecule has 1 amide bonds. The summed E-state index contributed by atoms with van der Waals surface area (Å²) < 4.78 is 0. The Balaban J connectivity index is 1.80. The van der Waals surface area contributed by atoms with Gasteiger partial charge in [0.05, 0.1) is 12.2 Å². The third-order valence-electron chi connectivity index (χ3n) is 5.20. The van der Waals surface area contributed by atoms with E-state index in [4.69, 9.17) is 0 Å². The molecule has 0 fully saturated rings. The number of rotatable bonds is 14. The van der Waals surface area contributed by atoms with E-state index in [0.29, 0.717) is 26.2 Å². The van der Waals surface area contributed by atoms with Gasteiger partial charge in [-0.25, -0.2) is 0 Å². The molecule has 0 saturated heterocycles. The fourth-order valence-corrected chi connectivity index (χ4v) is 3.30. The summed E-state index contributed by atoms with van der Waals surface area (Å²) in [7, 11) is 4.01. The largest absolute Gasteiger partial charge is 0.396 e. The highest BCUT2D eigenvalue weighted by Crippen LogP contribution is 2.09. The van der Waals surface area contributed by atoms with Crippen molar-refractivity contribution in [1.29, 1.82) is 0 Å². The molecule has 174 valence electrons. The molecule has 1 aromatic heterocycles. The normalized spacial score (nSPS) is 12.4. The molecule has 7 nitrogen and oxygen atoms in total. The first kappa shape index (κ1) is 25.6. The Morgan fingerprint density at radius 3 is 2.69 bits per heavy atom. The number of nitrogens with one attached hydrogen (secondary N) is 1. The first-order chi connectivity index (χ1) is 15.5. The number of pyridine rings is 1. The van der Waals surface area contributed by atoms with Crippen LogP contribution >= 0.6 is 0 Å². The van der Waals surface area contributed by atoms with E-state index in [0.717, 1.165) is 30.8 Å². The second-order valence-electron chi connectivity index (χ2n) is 8.19. The molecule has 0 aliphatic carbocycles. The second-order valence-corrected chi connectivity index (χ2v) is 8.19. The zero-order chi connectivity index (χ0) is 23.2. The van der Waals surface area contributed by atoms with Crippen molar-refractivity contribution in [2.45, 2.75) is 19.9 Å². The third-order valence-corrected chi connectivity index (χ3v) is 5.20. The molecule has 2 N–H and O–H groups in total. The number of carbonyl (C=O) groups is 1. The Hall–Kier alpha value is -2.61. The first-order valence-electron chi connectivity index (χ1n) is 11.2. The van der Waals surface area contributed by atoms with E-state index < -0.39 is 0 Å². The average Bonchev–Trinajstić information content (AvgIpc) is 2.79. The standard InChI is InChI=1S/C25H37N5O2/c1-4-30(13-12-29(2)3)25(32)19-27-18-24-15-22(10-11-28-24)16-26-17-23(20-31)14-21-8-6-5-7-9-21/h5-11,15-16,23,27,31H,4,12-14,17-20H2,1-3H3/b26-16+. The molecule has 0 radical (unpaired) electrons. The topological polar surface area (TPSA) is 81.1 Å². The van der Waals surface area contributed by atoms with Gasteiger partial charge in [-0.3, -0.25) is 14.8 Å². The highest BCUT2D eigenvalue weighted by Gasteiger charge is 2.11. The van der Waals surface area contributed by atoms with E-state index in [1.54, 1.807) is 6.20 Å². The number of aliphatic imine (C=N–C) groups is 1. The van der Waals surface area contributed by atoms with E-state index in [-0.39, 0.29) is 18.4 Å². The van der Waals surface area contributed by atoms with Crippen LogP contribution in [0, 0.1) is 5.92 Å². The summed E-state index contributed by atoms with van der Waals surface area (Å²) in [5, 5.41) is 12.9. The molecule has 1 heterocycles. The van der Waals surface area contributed by atoms with Gasteiger partial charge in [-0.15, -0.1) is 0 Å². The van der Waals surface area contributed by atoms with Crippen LogP contribution in [0.4, 0.5) is 0 Å². The molecule has 0 aliphatic heterocycles. The summed E-state index contributed by atoms with van der Waals surface area (Å²) >= 11 is 0. The molecule has 0 bridgehead atoms. The lowest BCUT2D eigenvalue weighted by Crippen LogP contribution is -2.41. The zero-order valence-electron chi connectivity index (χ0n) is 19.6. The predicted molar refractivity (Wildman–Crippen MR) is 130 cm³/mol. The van der Waals surface area contributed by atoms with Gasteiger partial charge in [-0.2, -0.15) is 0 Å². The molecule has 2 aromatic rings. The first-order valence-corrected chi connectivity index (χ1v) is 11.2. The van der Waals surface area contributed by atoms with E-state index in [2.05, 4.69) is 32.3 Å². The van der Waals surface area contributed by atoms with Crippen molar-refractivity contribution in [2.75, 3.05) is 53.4 Å². The van der Waals surface area contributed by atoms with Crippen molar-refractivity contribution in [3.05, 3.63) is 65.5 Å². The minimum Gasteiger partial charge on any atom is -0.396 e. The van der Waals surface area contributed by atoms with Gasteiger partial charge in [-0.05, 0) is 50.7 Å². The van der Waals surface area contributed by atoms with Crippen molar-refractivity contribution in [3.63, 3.8) is 0 Å². The summed E-state index contributed by atoms with van der Waals surface area (Å²) in [6.07, 6.45) is 4.38. The van der Waals surface area contributed by atoms with Crippen LogP contribution < -0.4 is 5.32 Å². The predicted octanol–water partition coefficient (Wildman–Crippen LogP) is 1.85. The van der Waals surface area contributed by atoms with Crippen LogP contribution in [-0.2, 0) is 17.8 Å². The van der Waals surface area contributed by atoms with Crippen LogP contribution in [-0.4, -0.2) is 85.4 Å². The molecule has 0 saturated carbocycles. The summed E-state index contributed by atoms with van der Waals surface area (Å²) in [6, 6.07) is 14.0. The maximum atomic E-state index is 12.4. The summed E-state index contributed by atoms with van der Waals surface area (Å²) in [5.41, 5.74) is 3.03. The zero-order valence-corrected chi connectivity index (χ0v) is 19.6. The van der Waals surface area contributed by atoms with E-state index in [1.807, 2.05) is 62.5 Å². The number of carbonyl (C=O) groups excluding carboxylic acids is 1. The fraction of sp³-hybridized carbons (Fsp3) is 0.480. The monoisotopic (exact) mass is 439 g/mol. The molecule has 0 spiro atoms. The Kier molecular flexibility index (Phi) is 11.6. The summed E-state index contributed by atoms with van der Waals surface area (Å²) in [4.78, 5) is 25.2. The van der Waals surface area contributed by atoms with Gasteiger partial charge in [0.1, 0.15) is 0 Å². The lowest BCUT2D eigenvalue weighted by atomic mass is 10.0. The van der Waals surface area contributed by atoms with Crippen molar-refractivity contribution in [2.24, 2.45) is 10.9 Å². The Bertz CT molecular complexity index is 826. The lowest BCUT2D eigenvalue weighted by molar-refractivity contribution is -0.130. The van der Waals surface area contributed by atoms with Gasteiger partial charge in [0, 0.05) is 57.7 Å². The number of hydrogen-bond acceptors (Lipinski definition) is 6. The molecule has 32 heavy (non-hydrogen) atoms. The minimum absolute atomic E-state index is 0.0941. The van der Waals surface area contributed by atoms with Gasteiger partial charge in [0.15, 0.2) is 0 Å². The number of amides is 1. The molecule has 1 atom stereocenters. The van der Waals surface area contributed by atoms with Gasteiger partial charge in [0.25, 0.3) is 0 Å². The maximum Gasteiger partial charge on any atom is 0.236 e. The molecule has 0 aliphatic rings. The van der Waals surface area contributed by atoms with Gasteiger partial charge >= 0.3 is 0 Å². The van der Waals surface area contributed by atoms with Crippen LogP contribution in [0.1, 0.15) is 23.7 Å². The van der Waals surface area contributed by atoms with Crippen LogP contribution in [0.2, 0.25) is 0 Å². The van der Waals surface area contributed by atoms with E-state index in [1.165, 1.54) is 5.56 Å². The minimum atomic E-state index is 0.0941. The number of aliphatic hydroxyl groups excluding tert-OH is 1. The fourth-order valence-electron chi connectivity index (χ4n) is 3.30. The number of hydrogen-bond donors (Lipinski definition) is 2. The van der Waals surface area contributed by atoms with Gasteiger partial charge < -0.3 is 20.2 Å². The number of nitrogens with zero attached hydrogens (tertiary/aromatic N) is 4. The van der Waals surface area contributed by atoms with Crippen LogP contribution in [0.3, 0.4) is 0 Å². The Morgan fingerprint density at radius 1 is 1.22 bits per heavy atom. The third kappa shape index (κ3) is 9.68. The Labute approximate surface area is 192 Å². The van der Waals surface area contributed by atoms with Crippen LogP contribution in [0.15, 0.2) is 53.7 Å². The number of likely N-dealkylation sites (N-methyl/N-ethyl adjacent to an activating group) is 2. The van der Waals surface area contributed by atoms with Crippen molar-refractivity contribution >= 4 is 12.1 Å². The van der Waals surface area contributed by atoms with Crippen LogP contribution in [0.25, 0.3) is 0 Å². The SMILES string of the molecule is CCN(CCN(C)C)C(=O)CNCc1cc(/C=N/CC(CO)Cc2ccccc2)ccn1. The molecular formula is C25H37N5O2. The van der Waals surface area contributed by atoms with Gasteiger partial charge in [0.2, 0.25) is 5.91 Å². The number of aromatic nitrogens is 1. The van der Waals surface area contributed by atoms with E-state index in [9.17, 15) is 9.90 Å². The second kappa shape index (κ2) is 14.5. The van der Waals surface area contributed by atoms with E-state index >= 15 is 0 Å². The van der Waals surface area contributed by atoms with Crippen LogP contribution in [0.5, 0.6) is 0 Å².